The highest BCUT2D eigenvalue weighted by Crippen LogP contribution is 2.51. The highest BCUT2D eigenvalue weighted by atomic mass is 28.2. The first-order chi connectivity index (χ1) is 10.2. The zero-order chi connectivity index (χ0) is 15.1. The van der Waals surface area contributed by atoms with Crippen molar-refractivity contribution in [1.82, 2.24) is 0 Å². The second kappa shape index (κ2) is 8.35. The fourth-order valence-electron chi connectivity index (χ4n) is 4.98. The molecule has 21 heavy (non-hydrogen) atoms. The quantitative estimate of drug-likeness (QED) is 0.689. The van der Waals surface area contributed by atoms with Gasteiger partial charge in [-0.3, -0.25) is 4.79 Å². The summed E-state index contributed by atoms with van der Waals surface area (Å²) in [5.74, 6) is 1.83. The average molecular weight is 311 g/mol. The molecule has 0 heterocycles. The first-order valence-corrected chi connectivity index (χ1v) is 10.1. The summed E-state index contributed by atoms with van der Waals surface area (Å²) >= 11 is 0. The van der Waals surface area contributed by atoms with Gasteiger partial charge in [0.05, 0.1) is 0 Å². The van der Waals surface area contributed by atoms with Crippen molar-refractivity contribution in [3.05, 3.63) is 0 Å². The van der Waals surface area contributed by atoms with Crippen molar-refractivity contribution < 1.29 is 9.22 Å². The van der Waals surface area contributed by atoms with E-state index >= 15 is 0 Å². The lowest BCUT2D eigenvalue weighted by Gasteiger charge is -2.47. The van der Waals surface area contributed by atoms with Crippen molar-refractivity contribution in [3.63, 3.8) is 0 Å². The zero-order valence-electron chi connectivity index (χ0n) is 14.2. The van der Waals surface area contributed by atoms with Crippen LogP contribution in [0, 0.1) is 17.3 Å². The molecule has 0 bridgehead atoms. The van der Waals surface area contributed by atoms with E-state index in [0.717, 1.165) is 18.3 Å². The van der Waals surface area contributed by atoms with E-state index in [1.54, 1.807) is 0 Å². The van der Waals surface area contributed by atoms with Crippen LogP contribution in [0.25, 0.3) is 0 Å². The van der Waals surface area contributed by atoms with E-state index in [1.165, 1.54) is 70.6 Å². The van der Waals surface area contributed by atoms with Crippen molar-refractivity contribution in [2.45, 2.75) is 90.4 Å². The van der Waals surface area contributed by atoms with Gasteiger partial charge >= 0.3 is 0 Å². The predicted octanol–water partition coefficient (Wildman–Crippen LogP) is 4.15. The van der Waals surface area contributed by atoms with Gasteiger partial charge in [-0.15, -0.1) is 0 Å². The molecule has 3 heteroatoms. The molecule has 0 aliphatic heterocycles. The summed E-state index contributed by atoms with van der Waals surface area (Å²) in [7, 11) is 0.544. The predicted molar refractivity (Wildman–Crippen MR) is 91.1 cm³/mol. The van der Waals surface area contributed by atoms with Crippen molar-refractivity contribution >= 4 is 16.5 Å². The highest BCUT2D eigenvalue weighted by molar-refractivity contribution is 6.05. The van der Waals surface area contributed by atoms with E-state index in [-0.39, 0.29) is 5.97 Å². The van der Waals surface area contributed by atoms with E-state index in [2.05, 4.69) is 6.92 Å². The number of hydrogen-bond acceptors (Lipinski definition) is 2. The van der Waals surface area contributed by atoms with E-state index in [9.17, 15) is 4.79 Å². The highest BCUT2D eigenvalue weighted by Gasteiger charge is 2.41. The number of carbonyl (C=O) groups excluding carboxylic acids is 1. The molecule has 0 N–H and O–H groups in total. The molecule has 2 fully saturated rings. The van der Waals surface area contributed by atoms with Gasteiger partial charge < -0.3 is 4.43 Å². The van der Waals surface area contributed by atoms with Crippen molar-refractivity contribution in [2.75, 3.05) is 0 Å². The third-order valence-corrected chi connectivity index (χ3v) is 6.85. The SMILES string of the molecule is CC(CCCC(=O)O[SiH3])(C1CCCCC1)C1CCCCC1. The molecule has 122 valence electrons. The fourth-order valence-corrected chi connectivity index (χ4v) is 5.19. The molecule has 0 aromatic carbocycles. The molecule has 0 amide bonds. The number of hydrogen-bond donors (Lipinski definition) is 0. The topological polar surface area (TPSA) is 26.3 Å². The van der Waals surface area contributed by atoms with Crippen molar-refractivity contribution in [1.29, 1.82) is 0 Å². The lowest BCUT2D eigenvalue weighted by Crippen LogP contribution is -2.38. The van der Waals surface area contributed by atoms with Crippen LogP contribution in [-0.2, 0) is 9.22 Å². The molecule has 0 spiro atoms. The molecule has 0 unspecified atom stereocenters. The summed E-state index contributed by atoms with van der Waals surface area (Å²) in [4.78, 5) is 11.5. The van der Waals surface area contributed by atoms with Gasteiger partial charge in [0.2, 0.25) is 10.5 Å². The largest absolute Gasteiger partial charge is 0.529 e. The monoisotopic (exact) mass is 310 g/mol. The lowest BCUT2D eigenvalue weighted by atomic mass is 9.58. The molecule has 0 saturated heterocycles. The molecule has 2 saturated carbocycles. The van der Waals surface area contributed by atoms with Gasteiger partial charge in [-0.2, -0.15) is 0 Å². The Hall–Kier alpha value is -0.313. The maximum absolute atomic E-state index is 11.5. The molecular formula is C18H34O2Si. The second-order valence-electron chi connectivity index (χ2n) is 7.61. The fraction of sp³-hybridized carbons (Fsp3) is 0.944. The Morgan fingerprint density at radius 1 is 1.00 bits per heavy atom. The average Bonchev–Trinajstić information content (AvgIpc) is 2.56. The maximum atomic E-state index is 11.5. The first-order valence-electron chi connectivity index (χ1n) is 9.23. The summed E-state index contributed by atoms with van der Waals surface area (Å²) in [6.45, 7) is 2.56. The third-order valence-electron chi connectivity index (χ3n) is 6.40. The zero-order valence-corrected chi connectivity index (χ0v) is 16.2. The van der Waals surface area contributed by atoms with Crippen LogP contribution in [0.4, 0.5) is 0 Å². The second-order valence-corrected chi connectivity index (χ2v) is 8.01. The van der Waals surface area contributed by atoms with Gasteiger partial charge in [-0.05, 0) is 55.8 Å². The van der Waals surface area contributed by atoms with Gasteiger partial charge in [0.1, 0.15) is 0 Å². The summed E-state index contributed by atoms with van der Waals surface area (Å²) < 4.78 is 4.96. The Labute approximate surface area is 134 Å². The molecule has 2 nitrogen and oxygen atoms in total. The molecule has 2 rings (SSSR count). The van der Waals surface area contributed by atoms with E-state index in [0.29, 0.717) is 22.3 Å². The van der Waals surface area contributed by atoms with Gasteiger partial charge in [-0.1, -0.05) is 45.4 Å². The first kappa shape index (κ1) is 17.0. The van der Waals surface area contributed by atoms with Crippen LogP contribution in [-0.4, -0.2) is 16.5 Å². The standard InChI is InChI=1S/C18H34O2Si/c1-18(14-8-13-17(19)20-21,15-9-4-2-5-10-15)16-11-6-3-7-12-16/h15-16H,2-14H2,1,21H3. The van der Waals surface area contributed by atoms with Gasteiger partial charge in [-0.25, -0.2) is 0 Å². The maximum Gasteiger partial charge on any atom is 0.291 e. The smallest absolute Gasteiger partial charge is 0.291 e. The Morgan fingerprint density at radius 3 is 1.90 bits per heavy atom. The Balaban J connectivity index is 1.99. The van der Waals surface area contributed by atoms with Crippen molar-refractivity contribution in [2.24, 2.45) is 17.3 Å². The van der Waals surface area contributed by atoms with E-state index < -0.39 is 0 Å². The van der Waals surface area contributed by atoms with Crippen LogP contribution in [0.2, 0.25) is 0 Å². The third kappa shape index (κ3) is 4.58. The summed E-state index contributed by atoms with van der Waals surface area (Å²) in [5.41, 5.74) is 0.478. The molecule has 0 radical (unpaired) electrons. The van der Waals surface area contributed by atoms with E-state index in [4.69, 9.17) is 4.43 Å². The molecular weight excluding hydrogens is 276 g/mol. The number of carbonyl (C=O) groups is 1. The molecule has 2 aliphatic carbocycles. The summed E-state index contributed by atoms with van der Waals surface area (Å²) in [5, 5.41) is 0. The minimum Gasteiger partial charge on any atom is -0.529 e. The van der Waals surface area contributed by atoms with Crippen LogP contribution in [0.1, 0.15) is 90.4 Å². The molecule has 0 aromatic rings. The number of rotatable bonds is 6. The van der Waals surface area contributed by atoms with Crippen LogP contribution in [0.3, 0.4) is 0 Å². The van der Waals surface area contributed by atoms with Crippen LogP contribution >= 0.6 is 0 Å². The van der Waals surface area contributed by atoms with E-state index in [1.807, 2.05) is 0 Å². The Morgan fingerprint density at radius 2 is 1.48 bits per heavy atom. The minimum atomic E-state index is 0.0244. The normalized spacial score (nSPS) is 22.3. The van der Waals surface area contributed by atoms with Crippen LogP contribution in [0.5, 0.6) is 0 Å². The molecule has 0 atom stereocenters. The van der Waals surface area contributed by atoms with Gasteiger partial charge in [0, 0.05) is 6.42 Å². The minimum absolute atomic E-state index is 0.0244. The van der Waals surface area contributed by atoms with Crippen LogP contribution < -0.4 is 0 Å². The van der Waals surface area contributed by atoms with Gasteiger partial charge in [0.25, 0.3) is 5.97 Å². The van der Waals surface area contributed by atoms with Crippen molar-refractivity contribution in [3.8, 4) is 0 Å². The van der Waals surface area contributed by atoms with Crippen LogP contribution in [0.15, 0.2) is 0 Å². The lowest BCUT2D eigenvalue weighted by molar-refractivity contribution is -0.134. The molecule has 2 aliphatic rings. The Kier molecular flexibility index (Phi) is 6.78. The summed E-state index contributed by atoms with van der Waals surface area (Å²) in [6, 6.07) is 0. The molecule has 0 aromatic heterocycles. The summed E-state index contributed by atoms with van der Waals surface area (Å²) in [6.07, 6.45) is 17.2. The van der Waals surface area contributed by atoms with Gasteiger partial charge in [0.15, 0.2) is 0 Å². The Bertz CT molecular complexity index is 299.